The molecule has 1 atom stereocenters. The van der Waals surface area contributed by atoms with Crippen LogP contribution >= 0.6 is 11.6 Å². The van der Waals surface area contributed by atoms with Gasteiger partial charge in [0.1, 0.15) is 22.9 Å². The van der Waals surface area contributed by atoms with Gasteiger partial charge >= 0.3 is 0 Å². The minimum Gasteiger partial charge on any atom is -0.497 e. The van der Waals surface area contributed by atoms with Crippen molar-refractivity contribution >= 4 is 22.9 Å². The molecule has 0 saturated carbocycles. The third kappa shape index (κ3) is 4.88. The largest absolute Gasteiger partial charge is 0.497 e. The predicted molar refractivity (Wildman–Crippen MR) is 139 cm³/mol. The average Bonchev–Trinajstić information content (AvgIpc) is 3.54. The Bertz CT molecular complexity index is 1320. The van der Waals surface area contributed by atoms with E-state index in [2.05, 4.69) is 40.7 Å². The predicted octanol–water partition coefficient (Wildman–Crippen LogP) is 5.05. The Morgan fingerprint density at radius 2 is 1.80 bits per heavy atom. The molecule has 1 unspecified atom stereocenters. The third-order valence-corrected chi connectivity index (χ3v) is 6.80. The van der Waals surface area contributed by atoms with Crippen LogP contribution < -0.4 is 24.4 Å². The Morgan fingerprint density at radius 3 is 2.54 bits per heavy atom. The Hall–Kier alpha value is -3.42. The van der Waals surface area contributed by atoms with Crippen LogP contribution in [-0.4, -0.2) is 49.8 Å². The molecule has 1 saturated heterocycles. The van der Waals surface area contributed by atoms with Crippen molar-refractivity contribution in [3.05, 3.63) is 71.5 Å². The van der Waals surface area contributed by atoms with Crippen LogP contribution in [0.3, 0.4) is 0 Å². The lowest BCUT2D eigenvalue weighted by molar-refractivity contribution is 0.395. The van der Waals surface area contributed by atoms with Gasteiger partial charge in [0.15, 0.2) is 0 Å². The number of nitrogens with zero attached hydrogens (tertiary/aromatic N) is 3. The number of benzene rings is 2. The summed E-state index contributed by atoms with van der Waals surface area (Å²) >= 11 is 6.38. The van der Waals surface area contributed by atoms with Crippen molar-refractivity contribution < 1.29 is 14.2 Å². The second-order valence-corrected chi connectivity index (χ2v) is 9.03. The van der Waals surface area contributed by atoms with Crippen molar-refractivity contribution in [2.75, 3.05) is 39.3 Å². The maximum atomic E-state index is 6.38. The van der Waals surface area contributed by atoms with Crippen LogP contribution in [0.4, 0.5) is 5.69 Å². The maximum Gasteiger partial charge on any atom is 0.141 e. The lowest BCUT2D eigenvalue weighted by Crippen LogP contribution is -2.32. The zero-order chi connectivity index (χ0) is 24.4. The van der Waals surface area contributed by atoms with Gasteiger partial charge in [-0.3, -0.25) is 0 Å². The Balaban J connectivity index is 1.29. The van der Waals surface area contributed by atoms with Crippen molar-refractivity contribution in [2.45, 2.75) is 19.0 Å². The lowest BCUT2D eigenvalue weighted by atomic mass is 10.1. The molecule has 1 N–H and O–H groups in total. The van der Waals surface area contributed by atoms with Gasteiger partial charge in [0.25, 0.3) is 0 Å². The third-order valence-electron chi connectivity index (χ3n) is 6.50. The molecule has 0 spiro atoms. The number of halogens is 1. The number of nitrogens with one attached hydrogen (secondary N) is 1. The Morgan fingerprint density at radius 1 is 1.00 bits per heavy atom. The summed E-state index contributed by atoms with van der Waals surface area (Å²) in [5.74, 6) is 2.12. The average molecular weight is 493 g/mol. The molecule has 1 fully saturated rings. The number of pyridine rings is 1. The number of rotatable bonds is 8. The summed E-state index contributed by atoms with van der Waals surface area (Å²) < 4.78 is 18.1. The van der Waals surface area contributed by atoms with Crippen LogP contribution in [0, 0.1) is 0 Å². The number of methoxy groups -OCH3 is 3. The summed E-state index contributed by atoms with van der Waals surface area (Å²) in [4.78, 5) is 7.27. The molecule has 0 radical (unpaired) electrons. The van der Waals surface area contributed by atoms with Gasteiger partial charge in [-0.15, -0.1) is 0 Å². The quantitative estimate of drug-likeness (QED) is 0.371. The van der Waals surface area contributed by atoms with Crippen molar-refractivity contribution in [1.82, 2.24) is 14.7 Å². The normalized spacial score (nSPS) is 15.5. The van der Waals surface area contributed by atoms with Gasteiger partial charge in [-0.25, -0.2) is 4.98 Å². The molecule has 5 rings (SSSR count). The molecule has 4 aromatic rings. The van der Waals surface area contributed by atoms with E-state index in [1.807, 2.05) is 28.8 Å². The van der Waals surface area contributed by atoms with Crippen LogP contribution in [0.2, 0.25) is 5.02 Å². The van der Waals surface area contributed by atoms with Crippen molar-refractivity contribution in [3.8, 4) is 28.5 Å². The first-order chi connectivity index (χ1) is 17.1. The van der Waals surface area contributed by atoms with E-state index in [1.165, 1.54) is 11.3 Å². The molecule has 2 aromatic heterocycles. The Labute approximate surface area is 210 Å². The monoisotopic (exact) mass is 492 g/mol. The fraction of sp³-hybridized carbons (Fsp3) is 0.296. The van der Waals surface area contributed by atoms with Crippen LogP contribution in [0.25, 0.3) is 16.9 Å². The zero-order valence-electron chi connectivity index (χ0n) is 20.1. The zero-order valence-corrected chi connectivity index (χ0v) is 20.9. The Kier molecular flexibility index (Phi) is 6.70. The van der Waals surface area contributed by atoms with Gasteiger partial charge in [0.05, 0.1) is 32.0 Å². The number of hydrogen-bond acceptors (Lipinski definition) is 6. The molecule has 1 aliphatic heterocycles. The standard InChI is InChI=1S/C27H29ClN4O3/c1-33-21-6-4-18(5-7-21)15-29-19-8-10-31(16-19)20-9-11-32-17-24(30-27(32)12-20)22-13-23(28)26(35-3)14-25(22)34-2/h4-7,9,11-14,17,19,29H,8,10,15-16H2,1-3H3. The smallest absolute Gasteiger partial charge is 0.141 e. The second-order valence-electron chi connectivity index (χ2n) is 8.62. The van der Waals surface area contributed by atoms with E-state index in [1.54, 1.807) is 27.4 Å². The summed E-state index contributed by atoms with van der Waals surface area (Å²) in [7, 11) is 4.91. The number of anilines is 1. The summed E-state index contributed by atoms with van der Waals surface area (Å²) in [5, 5.41) is 4.20. The highest BCUT2D eigenvalue weighted by molar-refractivity contribution is 6.32. The minimum absolute atomic E-state index is 0.439. The molecule has 1 aliphatic rings. The van der Waals surface area contributed by atoms with E-state index < -0.39 is 0 Å². The highest BCUT2D eigenvalue weighted by atomic mass is 35.5. The molecule has 2 aromatic carbocycles. The van der Waals surface area contributed by atoms with Gasteiger partial charge in [-0.1, -0.05) is 23.7 Å². The van der Waals surface area contributed by atoms with Crippen LogP contribution in [0.15, 0.2) is 60.9 Å². The van der Waals surface area contributed by atoms with Crippen molar-refractivity contribution in [1.29, 1.82) is 0 Å². The molecular formula is C27H29ClN4O3. The first-order valence-electron chi connectivity index (χ1n) is 11.6. The van der Waals surface area contributed by atoms with Crippen molar-refractivity contribution in [2.24, 2.45) is 0 Å². The summed E-state index contributed by atoms with van der Waals surface area (Å²) in [5.41, 5.74) is 4.92. The van der Waals surface area contributed by atoms with Crippen molar-refractivity contribution in [3.63, 3.8) is 0 Å². The molecule has 35 heavy (non-hydrogen) atoms. The molecule has 0 bridgehead atoms. The lowest BCUT2D eigenvalue weighted by Gasteiger charge is -2.19. The number of imidazole rings is 1. The van der Waals surface area contributed by atoms with Gasteiger partial charge in [0, 0.05) is 61.5 Å². The first-order valence-corrected chi connectivity index (χ1v) is 12.0. The molecule has 0 aliphatic carbocycles. The van der Waals surface area contributed by atoms with Gasteiger partial charge in [-0.2, -0.15) is 0 Å². The molecule has 0 amide bonds. The van der Waals surface area contributed by atoms with E-state index in [9.17, 15) is 0 Å². The summed E-state index contributed by atoms with van der Waals surface area (Å²) in [6.45, 7) is 2.81. The first kappa shape index (κ1) is 23.3. The fourth-order valence-corrected chi connectivity index (χ4v) is 4.77. The number of fused-ring (bicyclic) bond motifs is 1. The molecule has 182 valence electrons. The molecule has 7 nitrogen and oxygen atoms in total. The van der Waals surface area contributed by atoms with E-state index in [0.717, 1.165) is 48.7 Å². The van der Waals surface area contributed by atoms with Gasteiger partial charge in [0.2, 0.25) is 0 Å². The summed E-state index contributed by atoms with van der Waals surface area (Å²) in [6, 6.07) is 16.5. The highest BCUT2D eigenvalue weighted by Crippen LogP contribution is 2.38. The topological polar surface area (TPSA) is 60.3 Å². The van der Waals surface area contributed by atoms with Crippen LogP contribution in [0.5, 0.6) is 17.2 Å². The minimum atomic E-state index is 0.439. The number of ether oxygens (including phenoxy) is 3. The van der Waals surface area contributed by atoms with Crippen LogP contribution in [0.1, 0.15) is 12.0 Å². The van der Waals surface area contributed by atoms with E-state index in [-0.39, 0.29) is 0 Å². The van der Waals surface area contributed by atoms with Gasteiger partial charge < -0.3 is 28.8 Å². The maximum absolute atomic E-state index is 6.38. The second kappa shape index (κ2) is 10.1. The molecular weight excluding hydrogens is 464 g/mol. The number of hydrogen-bond donors (Lipinski definition) is 1. The molecule has 3 heterocycles. The SMILES string of the molecule is COc1ccc(CNC2CCN(c3ccn4cc(-c5cc(Cl)c(OC)cc5OC)nc4c3)C2)cc1. The van der Waals surface area contributed by atoms with E-state index in [4.69, 9.17) is 30.8 Å². The molecule has 8 heteroatoms. The van der Waals surface area contributed by atoms with Gasteiger partial charge in [-0.05, 0) is 36.2 Å². The summed E-state index contributed by atoms with van der Waals surface area (Å²) in [6.07, 6.45) is 5.14. The fourth-order valence-electron chi connectivity index (χ4n) is 4.52. The highest BCUT2D eigenvalue weighted by Gasteiger charge is 2.23. The van der Waals surface area contributed by atoms with E-state index in [0.29, 0.717) is 22.6 Å². The van der Waals surface area contributed by atoms with Crippen LogP contribution in [-0.2, 0) is 6.54 Å². The van der Waals surface area contributed by atoms with E-state index >= 15 is 0 Å². The number of aromatic nitrogens is 2.